The van der Waals surface area contributed by atoms with Gasteiger partial charge in [-0.15, -0.1) is 0 Å². The van der Waals surface area contributed by atoms with E-state index < -0.39 is 0 Å². The topological polar surface area (TPSA) is 24.9 Å². The fraction of sp³-hybridized carbons (Fsp3) is 0.0625. The van der Waals surface area contributed by atoms with Gasteiger partial charge in [0.1, 0.15) is 0 Å². The van der Waals surface area contributed by atoms with Crippen LogP contribution in [0, 0.1) is 0 Å². The highest BCUT2D eigenvalue weighted by Crippen LogP contribution is 2.27. The van der Waals surface area contributed by atoms with Crippen molar-refractivity contribution in [1.29, 1.82) is 0 Å². The Morgan fingerprint density at radius 1 is 0.905 bits per heavy atom. The summed E-state index contributed by atoms with van der Waals surface area (Å²) in [6.45, 7) is 0.628. The van der Waals surface area contributed by atoms with Gasteiger partial charge in [-0.05, 0) is 42.0 Å². The quantitative estimate of drug-likeness (QED) is 0.652. The van der Waals surface area contributed by atoms with Crippen LogP contribution in [-0.4, -0.2) is 4.98 Å². The van der Waals surface area contributed by atoms with Gasteiger partial charge in [-0.3, -0.25) is 4.98 Å². The van der Waals surface area contributed by atoms with E-state index in [0.717, 1.165) is 22.2 Å². The third kappa shape index (κ3) is 3.08. The monoisotopic (exact) mass is 336 g/mol. The van der Waals surface area contributed by atoms with Crippen LogP contribution in [0.15, 0.2) is 48.7 Å². The van der Waals surface area contributed by atoms with E-state index in [0.29, 0.717) is 21.6 Å². The van der Waals surface area contributed by atoms with Crippen molar-refractivity contribution in [3.8, 4) is 0 Å². The van der Waals surface area contributed by atoms with Crippen molar-refractivity contribution in [2.24, 2.45) is 0 Å². The van der Waals surface area contributed by atoms with Gasteiger partial charge >= 0.3 is 0 Å². The number of nitrogens with zero attached hydrogens (tertiary/aromatic N) is 1. The standard InChI is InChI=1S/C16H11Cl3N2/c17-13-5-3-10(16-12(13)2-1-7-20-16)9-21-11-4-6-14(18)15(19)8-11/h1-8,21H,9H2. The molecule has 0 aliphatic carbocycles. The van der Waals surface area contributed by atoms with E-state index in [-0.39, 0.29) is 0 Å². The van der Waals surface area contributed by atoms with Crippen molar-refractivity contribution < 1.29 is 0 Å². The lowest BCUT2D eigenvalue weighted by molar-refractivity contribution is 1.15. The lowest BCUT2D eigenvalue weighted by Gasteiger charge is -2.10. The number of hydrogen-bond donors (Lipinski definition) is 1. The van der Waals surface area contributed by atoms with Crippen LogP contribution in [0.2, 0.25) is 15.1 Å². The fourth-order valence-electron chi connectivity index (χ4n) is 2.14. The van der Waals surface area contributed by atoms with Crippen LogP contribution in [0.3, 0.4) is 0 Å². The molecule has 21 heavy (non-hydrogen) atoms. The van der Waals surface area contributed by atoms with Crippen molar-refractivity contribution in [3.63, 3.8) is 0 Å². The zero-order valence-corrected chi connectivity index (χ0v) is 13.2. The summed E-state index contributed by atoms with van der Waals surface area (Å²) >= 11 is 18.1. The maximum atomic E-state index is 6.19. The zero-order valence-electron chi connectivity index (χ0n) is 10.9. The third-order valence-electron chi connectivity index (χ3n) is 3.20. The minimum atomic E-state index is 0.528. The Balaban J connectivity index is 1.88. The van der Waals surface area contributed by atoms with Gasteiger partial charge in [0, 0.05) is 28.8 Å². The molecule has 3 rings (SSSR count). The molecule has 5 heteroatoms. The van der Waals surface area contributed by atoms with Crippen LogP contribution in [0.1, 0.15) is 5.56 Å². The van der Waals surface area contributed by atoms with Gasteiger partial charge < -0.3 is 5.32 Å². The Labute approximate surface area is 137 Å². The first-order chi connectivity index (χ1) is 10.1. The molecule has 0 aliphatic rings. The highest BCUT2D eigenvalue weighted by Gasteiger charge is 2.06. The predicted octanol–water partition coefficient (Wildman–Crippen LogP) is 5.81. The number of hydrogen-bond acceptors (Lipinski definition) is 2. The van der Waals surface area contributed by atoms with Crippen LogP contribution in [0.5, 0.6) is 0 Å². The SMILES string of the molecule is Clc1ccc(NCc2ccc(Cl)c3cccnc23)cc1Cl. The first-order valence-corrected chi connectivity index (χ1v) is 7.49. The molecule has 1 aromatic heterocycles. The lowest BCUT2D eigenvalue weighted by Crippen LogP contribution is -2.01. The summed E-state index contributed by atoms with van der Waals surface area (Å²) in [5, 5.41) is 6.04. The van der Waals surface area contributed by atoms with Crippen LogP contribution in [-0.2, 0) is 6.54 Å². The summed E-state index contributed by atoms with van der Waals surface area (Å²) in [6.07, 6.45) is 1.77. The molecule has 0 unspecified atom stereocenters. The number of anilines is 1. The Kier molecular flexibility index (Phi) is 4.20. The molecule has 0 spiro atoms. The summed E-state index contributed by atoms with van der Waals surface area (Å²) in [6, 6.07) is 13.2. The molecular formula is C16H11Cl3N2. The van der Waals surface area contributed by atoms with E-state index in [2.05, 4.69) is 10.3 Å². The van der Waals surface area contributed by atoms with Crippen LogP contribution >= 0.6 is 34.8 Å². The maximum Gasteiger partial charge on any atom is 0.0766 e. The number of rotatable bonds is 3. The number of halogens is 3. The van der Waals surface area contributed by atoms with Gasteiger partial charge in [-0.25, -0.2) is 0 Å². The Hall–Kier alpha value is -1.48. The first-order valence-electron chi connectivity index (χ1n) is 6.36. The second kappa shape index (κ2) is 6.10. The molecule has 3 aromatic rings. The largest absolute Gasteiger partial charge is 0.381 e. The molecule has 0 saturated carbocycles. The molecule has 0 amide bonds. The van der Waals surface area contributed by atoms with Gasteiger partial charge in [0.15, 0.2) is 0 Å². The Morgan fingerprint density at radius 2 is 1.71 bits per heavy atom. The fourth-order valence-corrected chi connectivity index (χ4v) is 2.66. The summed E-state index contributed by atoms with van der Waals surface area (Å²) in [5.74, 6) is 0. The predicted molar refractivity (Wildman–Crippen MR) is 90.5 cm³/mol. The van der Waals surface area contributed by atoms with Gasteiger partial charge in [0.2, 0.25) is 0 Å². The summed E-state index contributed by atoms with van der Waals surface area (Å²) in [5.41, 5.74) is 2.88. The second-order valence-electron chi connectivity index (χ2n) is 4.59. The first kappa shape index (κ1) is 14.5. The number of nitrogens with one attached hydrogen (secondary N) is 1. The minimum Gasteiger partial charge on any atom is -0.381 e. The molecule has 0 fully saturated rings. The number of pyridine rings is 1. The Bertz CT molecular complexity index is 803. The van der Waals surface area contributed by atoms with Crippen molar-refractivity contribution in [3.05, 3.63) is 69.3 Å². The van der Waals surface area contributed by atoms with Crippen molar-refractivity contribution in [2.45, 2.75) is 6.54 Å². The van der Waals surface area contributed by atoms with Crippen LogP contribution < -0.4 is 5.32 Å². The third-order valence-corrected chi connectivity index (χ3v) is 4.27. The molecule has 0 saturated heterocycles. The summed E-state index contributed by atoms with van der Waals surface area (Å²) in [7, 11) is 0. The number of fused-ring (bicyclic) bond motifs is 1. The smallest absolute Gasteiger partial charge is 0.0766 e. The second-order valence-corrected chi connectivity index (χ2v) is 5.81. The van der Waals surface area contributed by atoms with E-state index in [1.54, 1.807) is 18.3 Å². The molecule has 1 heterocycles. The molecule has 0 aliphatic heterocycles. The number of aromatic nitrogens is 1. The highest BCUT2D eigenvalue weighted by atomic mass is 35.5. The van der Waals surface area contributed by atoms with E-state index in [9.17, 15) is 0 Å². The van der Waals surface area contributed by atoms with Crippen molar-refractivity contribution >= 4 is 51.4 Å². The van der Waals surface area contributed by atoms with E-state index in [4.69, 9.17) is 34.8 Å². The van der Waals surface area contributed by atoms with E-state index in [1.807, 2.05) is 30.3 Å². The molecule has 0 radical (unpaired) electrons. The normalized spacial score (nSPS) is 10.8. The van der Waals surface area contributed by atoms with Gasteiger partial charge in [-0.1, -0.05) is 40.9 Å². The molecular weight excluding hydrogens is 327 g/mol. The molecule has 0 atom stereocenters. The summed E-state index contributed by atoms with van der Waals surface area (Å²) in [4.78, 5) is 4.41. The van der Waals surface area contributed by atoms with Crippen LogP contribution in [0.4, 0.5) is 5.69 Å². The average molecular weight is 338 g/mol. The maximum absolute atomic E-state index is 6.19. The minimum absolute atomic E-state index is 0.528. The number of benzene rings is 2. The molecule has 0 bridgehead atoms. The van der Waals surface area contributed by atoms with Crippen molar-refractivity contribution in [1.82, 2.24) is 4.98 Å². The molecule has 106 valence electrons. The highest BCUT2D eigenvalue weighted by molar-refractivity contribution is 6.42. The summed E-state index contributed by atoms with van der Waals surface area (Å²) < 4.78 is 0. The van der Waals surface area contributed by atoms with Gasteiger partial charge in [0.05, 0.1) is 15.6 Å². The molecule has 2 aromatic carbocycles. The van der Waals surface area contributed by atoms with Gasteiger partial charge in [0.25, 0.3) is 0 Å². The van der Waals surface area contributed by atoms with E-state index in [1.165, 1.54) is 0 Å². The van der Waals surface area contributed by atoms with Gasteiger partial charge in [-0.2, -0.15) is 0 Å². The Morgan fingerprint density at radius 3 is 2.52 bits per heavy atom. The average Bonchev–Trinajstić information content (AvgIpc) is 2.50. The van der Waals surface area contributed by atoms with Crippen LogP contribution in [0.25, 0.3) is 10.9 Å². The molecule has 1 N–H and O–H groups in total. The zero-order chi connectivity index (χ0) is 14.8. The van der Waals surface area contributed by atoms with E-state index >= 15 is 0 Å². The lowest BCUT2D eigenvalue weighted by atomic mass is 10.1. The molecule has 2 nitrogen and oxygen atoms in total. The van der Waals surface area contributed by atoms with Crippen molar-refractivity contribution in [2.75, 3.05) is 5.32 Å².